The zero-order valence-corrected chi connectivity index (χ0v) is 18.9. The van der Waals surface area contributed by atoms with E-state index < -0.39 is 18.6 Å². The molecule has 0 unspecified atom stereocenters. The highest BCUT2D eigenvalue weighted by atomic mass is 19.4. The van der Waals surface area contributed by atoms with Gasteiger partial charge in [0.1, 0.15) is 6.54 Å². The Balaban J connectivity index is 1.72. The van der Waals surface area contributed by atoms with Gasteiger partial charge in [-0.15, -0.1) is 0 Å². The van der Waals surface area contributed by atoms with Crippen LogP contribution in [0.3, 0.4) is 0 Å². The Morgan fingerprint density at radius 1 is 1.15 bits per heavy atom. The number of amides is 2. The van der Waals surface area contributed by atoms with E-state index in [1.54, 1.807) is 12.3 Å². The van der Waals surface area contributed by atoms with E-state index in [1.807, 2.05) is 37.7 Å². The van der Waals surface area contributed by atoms with Gasteiger partial charge < -0.3 is 10.6 Å². The van der Waals surface area contributed by atoms with E-state index in [-0.39, 0.29) is 29.6 Å². The maximum absolute atomic E-state index is 12.6. The van der Waals surface area contributed by atoms with E-state index >= 15 is 0 Å². The first-order valence-corrected chi connectivity index (χ1v) is 10.5. The molecule has 0 spiro atoms. The van der Waals surface area contributed by atoms with E-state index in [0.717, 1.165) is 27.9 Å². The highest BCUT2D eigenvalue weighted by molar-refractivity contribution is 6.03. The summed E-state index contributed by atoms with van der Waals surface area (Å²) in [4.78, 5) is 29.4. The molecule has 0 atom stereocenters. The monoisotopic (exact) mass is 461 g/mol. The Kier molecular flexibility index (Phi) is 7.04. The smallest absolute Gasteiger partial charge is 0.343 e. The summed E-state index contributed by atoms with van der Waals surface area (Å²) in [6.45, 7) is 6.46. The van der Waals surface area contributed by atoms with Crippen molar-refractivity contribution in [1.82, 2.24) is 20.1 Å². The minimum absolute atomic E-state index is 0.0355. The summed E-state index contributed by atoms with van der Waals surface area (Å²) in [6, 6.07) is 6.11. The first-order chi connectivity index (χ1) is 15.5. The van der Waals surface area contributed by atoms with Crippen molar-refractivity contribution >= 4 is 28.5 Å². The lowest BCUT2D eigenvalue weighted by Gasteiger charge is -2.14. The first kappa shape index (κ1) is 24.2. The van der Waals surface area contributed by atoms with Gasteiger partial charge in [-0.3, -0.25) is 9.59 Å². The Hall–Kier alpha value is -3.43. The number of carbonyl (C=O) groups is 2. The molecule has 3 rings (SSSR count). The average Bonchev–Trinajstić information content (AvgIpc) is 3.16. The van der Waals surface area contributed by atoms with Crippen LogP contribution in [-0.4, -0.2) is 39.3 Å². The largest absolute Gasteiger partial charge is 0.405 e. The molecule has 33 heavy (non-hydrogen) atoms. The Bertz CT molecular complexity index is 1180. The summed E-state index contributed by atoms with van der Waals surface area (Å²) in [5.74, 6) is -1.27. The number of hydrogen-bond donors (Lipinski definition) is 2. The molecule has 0 fully saturated rings. The number of rotatable bonds is 7. The fraction of sp³-hybridized carbons (Fsp3) is 0.391. The molecule has 0 aliphatic carbocycles. The van der Waals surface area contributed by atoms with Gasteiger partial charge in [0.25, 0.3) is 5.91 Å². The number of hydrogen-bond acceptors (Lipinski definition) is 4. The quantitative estimate of drug-likeness (QED) is 0.543. The molecule has 10 heteroatoms. The van der Waals surface area contributed by atoms with Crippen molar-refractivity contribution in [3.63, 3.8) is 0 Å². The van der Waals surface area contributed by atoms with E-state index in [1.165, 1.54) is 18.2 Å². The molecule has 0 radical (unpaired) electrons. The van der Waals surface area contributed by atoms with Crippen LogP contribution in [0.2, 0.25) is 0 Å². The number of nitrogens with zero attached hydrogens (tertiary/aromatic N) is 3. The molecule has 2 aromatic heterocycles. The number of aryl methyl sites for hydroxylation is 2. The topological polar surface area (TPSA) is 88.9 Å². The van der Waals surface area contributed by atoms with Crippen LogP contribution in [-0.2, 0) is 11.2 Å². The number of nitrogens with one attached hydrogen (secondary N) is 2. The average molecular weight is 461 g/mol. The van der Waals surface area contributed by atoms with Gasteiger partial charge in [-0.25, -0.2) is 9.67 Å². The Labute approximate surface area is 189 Å². The van der Waals surface area contributed by atoms with Crippen LogP contribution in [0, 0.1) is 13.8 Å². The van der Waals surface area contributed by atoms with Gasteiger partial charge in [0, 0.05) is 23.5 Å². The molecular formula is C23H26F3N5O2. The number of alkyl halides is 3. The standard InChI is InChI=1S/C23H26F3N5O2/c1-13(2)31-21-18(11-28-31)14(3)16(15(4)29-21)9-10-20(32)30-19-8-6-5-7-17(19)22(33)27-12-23(24,25)26/h5-8,11,13H,9-10,12H2,1-4H3,(H,27,33)(H,30,32). The summed E-state index contributed by atoms with van der Waals surface area (Å²) >= 11 is 0. The van der Waals surface area contributed by atoms with Gasteiger partial charge in [-0.05, 0) is 57.4 Å². The third-order valence-corrected chi connectivity index (χ3v) is 5.32. The lowest BCUT2D eigenvalue weighted by molar-refractivity contribution is -0.123. The molecule has 0 aliphatic heterocycles. The summed E-state index contributed by atoms with van der Waals surface area (Å²) in [7, 11) is 0. The number of pyridine rings is 1. The number of aromatic nitrogens is 3. The van der Waals surface area contributed by atoms with Crippen LogP contribution in [0.4, 0.5) is 18.9 Å². The van der Waals surface area contributed by atoms with Crippen LogP contribution in [0.15, 0.2) is 30.5 Å². The van der Waals surface area contributed by atoms with Crippen LogP contribution >= 0.6 is 0 Å². The molecule has 0 bridgehead atoms. The van der Waals surface area contributed by atoms with Gasteiger partial charge in [-0.1, -0.05) is 12.1 Å². The van der Waals surface area contributed by atoms with Gasteiger partial charge in [0.2, 0.25) is 5.91 Å². The number of carbonyl (C=O) groups excluding carboxylic acids is 2. The summed E-state index contributed by atoms with van der Waals surface area (Å²) in [6.07, 6.45) is -2.21. The second-order valence-corrected chi connectivity index (χ2v) is 8.11. The highest BCUT2D eigenvalue weighted by Gasteiger charge is 2.28. The summed E-state index contributed by atoms with van der Waals surface area (Å²) < 4.78 is 39.1. The second kappa shape index (κ2) is 9.60. The SMILES string of the molecule is Cc1nc2c(cnn2C(C)C)c(C)c1CCC(=O)Nc1ccccc1C(=O)NCC(F)(F)F. The van der Waals surface area contributed by atoms with Crippen LogP contribution in [0.1, 0.15) is 53.5 Å². The van der Waals surface area contributed by atoms with E-state index in [9.17, 15) is 22.8 Å². The molecule has 0 aliphatic rings. The number of fused-ring (bicyclic) bond motifs is 1. The zero-order chi connectivity index (χ0) is 24.3. The predicted molar refractivity (Wildman–Crippen MR) is 119 cm³/mol. The van der Waals surface area contributed by atoms with Crippen LogP contribution in [0.25, 0.3) is 11.0 Å². The molecule has 0 saturated heterocycles. The Morgan fingerprint density at radius 2 is 1.85 bits per heavy atom. The van der Waals surface area contributed by atoms with E-state index in [2.05, 4.69) is 15.4 Å². The molecule has 0 saturated carbocycles. The summed E-state index contributed by atoms with van der Waals surface area (Å²) in [5, 5.41) is 9.80. The van der Waals surface area contributed by atoms with Gasteiger partial charge >= 0.3 is 6.18 Å². The molecule has 7 nitrogen and oxygen atoms in total. The van der Waals surface area contributed by atoms with Crippen molar-refractivity contribution in [3.8, 4) is 0 Å². The van der Waals surface area contributed by atoms with Crippen molar-refractivity contribution in [2.45, 2.75) is 52.8 Å². The third kappa shape index (κ3) is 5.68. The van der Waals surface area contributed by atoms with Gasteiger partial charge in [0.05, 0.1) is 17.4 Å². The maximum Gasteiger partial charge on any atom is 0.405 e. The number of anilines is 1. The lowest BCUT2D eigenvalue weighted by atomic mass is 10.00. The van der Waals surface area contributed by atoms with Crippen LogP contribution in [0.5, 0.6) is 0 Å². The van der Waals surface area contributed by atoms with Crippen molar-refractivity contribution in [3.05, 3.63) is 52.8 Å². The molecule has 176 valence electrons. The first-order valence-electron chi connectivity index (χ1n) is 10.5. The number of para-hydroxylation sites is 1. The maximum atomic E-state index is 12.6. The molecular weight excluding hydrogens is 435 g/mol. The molecule has 3 aromatic rings. The second-order valence-electron chi connectivity index (χ2n) is 8.11. The predicted octanol–water partition coefficient (Wildman–Crippen LogP) is 4.49. The minimum Gasteiger partial charge on any atom is -0.343 e. The van der Waals surface area contributed by atoms with Gasteiger partial charge in [-0.2, -0.15) is 18.3 Å². The highest BCUT2D eigenvalue weighted by Crippen LogP contribution is 2.25. The third-order valence-electron chi connectivity index (χ3n) is 5.32. The zero-order valence-electron chi connectivity index (χ0n) is 18.9. The fourth-order valence-corrected chi connectivity index (χ4v) is 3.66. The van der Waals surface area contributed by atoms with Gasteiger partial charge in [0.15, 0.2) is 5.65 Å². The molecule has 2 N–H and O–H groups in total. The molecule has 2 amide bonds. The van der Waals surface area contributed by atoms with Crippen molar-refractivity contribution in [2.75, 3.05) is 11.9 Å². The Morgan fingerprint density at radius 3 is 2.52 bits per heavy atom. The van der Waals surface area contributed by atoms with Crippen molar-refractivity contribution < 1.29 is 22.8 Å². The van der Waals surface area contributed by atoms with E-state index in [0.29, 0.717) is 6.42 Å². The number of benzene rings is 1. The van der Waals surface area contributed by atoms with Crippen molar-refractivity contribution in [1.29, 1.82) is 0 Å². The number of halogens is 3. The van der Waals surface area contributed by atoms with Crippen molar-refractivity contribution in [2.24, 2.45) is 0 Å². The minimum atomic E-state index is -4.52. The molecule has 2 heterocycles. The fourth-order valence-electron chi connectivity index (χ4n) is 3.66. The van der Waals surface area contributed by atoms with E-state index in [4.69, 9.17) is 0 Å². The summed E-state index contributed by atoms with van der Waals surface area (Å²) in [5.41, 5.74) is 3.67. The van der Waals surface area contributed by atoms with Crippen LogP contribution < -0.4 is 10.6 Å². The lowest BCUT2D eigenvalue weighted by Crippen LogP contribution is -2.34. The normalized spacial score (nSPS) is 11.8. The molecule has 1 aromatic carbocycles.